The molecule has 1 aromatic carbocycles. The van der Waals surface area contributed by atoms with Crippen LogP contribution in [0.15, 0.2) is 24.3 Å². The van der Waals surface area contributed by atoms with E-state index in [1.807, 2.05) is 19.1 Å². The van der Waals surface area contributed by atoms with Gasteiger partial charge in [-0.2, -0.15) is 0 Å². The summed E-state index contributed by atoms with van der Waals surface area (Å²) in [7, 11) is 0. The van der Waals surface area contributed by atoms with Crippen LogP contribution in [-0.4, -0.2) is 17.1 Å². The van der Waals surface area contributed by atoms with Gasteiger partial charge in [-0.1, -0.05) is 23.8 Å². The third-order valence-electron chi connectivity index (χ3n) is 3.90. The maximum Gasteiger partial charge on any atom is 0.326 e. The average molecular weight is 264 g/mol. The van der Waals surface area contributed by atoms with E-state index in [0.29, 0.717) is 5.02 Å². The topological polar surface area (TPSA) is 49.3 Å². The van der Waals surface area contributed by atoms with Gasteiger partial charge in [0.15, 0.2) is 0 Å². The van der Waals surface area contributed by atoms with Crippen LogP contribution in [0, 0.1) is 12.8 Å². The van der Waals surface area contributed by atoms with Crippen LogP contribution < -0.4 is 5.32 Å². The minimum atomic E-state index is -0.784. The molecule has 1 aliphatic heterocycles. The molecule has 0 saturated heterocycles. The molecule has 2 aliphatic rings. The molecular weight excluding hydrogens is 250 g/mol. The summed E-state index contributed by atoms with van der Waals surface area (Å²) < 4.78 is 0. The van der Waals surface area contributed by atoms with E-state index in [-0.39, 0.29) is 11.8 Å². The van der Waals surface area contributed by atoms with Gasteiger partial charge in [-0.15, -0.1) is 0 Å². The molecule has 0 aromatic heterocycles. The van der Waals surface area contributed by atoms with Gasteiger partial charge in [-0.3, -0.25) is 0 Å². The van der Waals surface area contributed by atoms with Gasteiger partial charge in [-0.05, 0) is 36.6 Å². The third-order valence-corrected chi connectivity index (χ3v) is 4.12. The normalized spacial score (nSPS) is 28.4. The molecule has 1 aliphatic carbocycles. The van der Waals surface area contributed by atoms with Gasteiger partial charge >= 0.3 is 5.97 Å². The molecule has 0 saturated carbocycles. The van der Waals surface area contributed by atoms with Crippen molar-refractivity contribution in [2.24, 2.45) is 5.92 Å². The zero-order chi connectivity index (χ0) is 12.9. The molecule has 94 valence electrons. The summed E-state index contributed by atoms with van der Waals surface area (Å²) >= 11 is 6.10. The van der Waals surface area contributed by atoms with Gasteiger partial charge in [0.05, 0.1) is 0 Å². The van der Waals surface area contributed by atoms with Crippen LogP contribution in [0.2, 0.25) is 5.02 Å². The number of nitrogens with one attached hydrogen (secondary N) is 1. The molecule has 1 aromatic rings. The Morgan fingerprint density at radius 2 is 2.28 bits per heavy atom. The Hall–Kier alpha value is -1.48. The van der Waals surface area contributed by atoms with Gasteiger partial charge in [0.1, 0.15) is 6.04 Å². The fraction of sp³-hybridized carbons (Fsp3) is 0.357. The Morgan fingerprint density at radius 3 is 3.00 bits per heavy atom. The van der Waals surface area contributed by atoms with E-state index in [0.717, 1.165) is 23.2 Å². The molecule has 2 N–H and O–H groups in total. The van der Waals surface area contributed by atoms with Crippen LogP contribution in [0.25, 0.3) is 0 Å². The number of benzene rings is 1. The first-order valence-corrected chi connectivity index (χ1v) is 6.42. The van der Waals surface area contributed by atoms with Gasteiger partial charge in [0.2, 0.25) is 0 Å². The second kappa shape index (κ2) is 4.02. The van der Waals surface area contributed by atoms with Crippen LogP contribution in [0.3, 0.4) is 0 Å². The number of halogens is 1. The standard InChI is InChI=1S/C14H14ClNO2/c1-7-5-8(15)6-11-9-3-2-4-10(9)13(14(17)18)16-12(7)11/h2-3,5-6,9-10,13,16H,4H2,1H3,(H,17,18)/t9-,10-,13+/m1/s1. The third kappa shape index (κ3) is 1.62. The second-order valence-electron chi connectivity index (χ2n) is 5.00. The minimum Gasteiger partial charge on any atom is -0.480 e. The smallest absolute Gasteiger partial charge is 0.326 e. The summed E-state index contributed by atoms with van der Waals surface area (Å²) in [4.78, 5) is 11.4. The Balaban J connectivity index is 2.14. The number of hydrogen-bond donors (Lipinski definition) is 2. The van der Waals surface area contributed by atoms with Gasteiger partial charge in [0.25, 0.3) is 0 Å². The fourth-order valence-corrected chi connectivity index (χ4v) is 3.37. The Labute approximate surface area is 110 Å². The van der Waals surface area contributed by atoms with Crippen LogP contribution >= 0.6 is 11.6 Å². The number of rotatable bonds is 1. The van der Waals surface area contributed by atoms with E-state index >= 15 is 0 Å². The lowest BCUT2D eigenvalue weighted by molar-refractivity contribution is -0.139. The maximum absolute atomic E-state index is 11.4. The lowest BCUT2D eigenvalue weighted by Crippen LogP contribution is -2.42. The van der Waals surface area contributed by atoms with Crippen molar-refractivity contribution in [3.05, 3.63) is 40.4 Å². The minimum absolute atomic E-state index is 0.0906. The molecule has 3 nitrogen and oxygen atoms in total. The van der Waals surface area contributed by atoms with E-state index in [9.17, 15) is 9.90 Å². The number of carboxylic acid groups (broad SMARTS) is 1. The highest BCUT2D eigenvalue weighted by atomic mass is 35.5. The number of carbonyl (C=O) groups is 1. The van der Waals surface area contributed by atoms with Crippen molar-refractivity contribution in [1.29, 1.82) is 0 Å². The molecule has 0 unspecified atom stereocenters. The Morgan fingerprint density at radius 1 is 1.50 bits per heavy atom. The van der Waals surface area contributed by atoms with E-state index in [2.05, 4.69) is 17.5 Å². The molecule has 0 spiro atoms. The number of allylic oxidation sites excluding steroid dienone is 2. The van der Waals surface area contributed by atoms with Gasteiger partial charge in [-0.25, -0.2) is 4.79 Å². The Kier molecular flexibility index (Phi) is 2.59. The van der Waals surface area contributed by atoms with Crippen molar-refractivity contribution in [3.63, 3.8) is 0 Å². The highest BCUT2D eigenvalue weighted by Gasteiger charge is 2.41. The summed E-state index contributed by atoms with van der Waals surface area (Å²) in [6.45, 7) is 1.95. The molecule has 0 amide bonds. The first kappa shape index (κ1) is 11.6. The zero-order valence-electron chi connectivity index (χ0n) is 9.98. The summed E-state index contributed by atoms with van der Waals surface area (Å²) in [6, 6.07) is 3.30. The van der Waals surface area contributed by atoms with Crippen LogP contribution in [0.4, 0.5) is 5.69 Å². The lowest BCUT2D eigenvalue weighted by Gasteiger charge is -2.35. The van der Waals surface area contributed by atoms with Crippen molar-refractivity contribution < 1.29 is 9.90 Å². The highest BCUT2D eigenvalue weighted by Crippen LogP contribution is 2.46. The number of aliphatic carboxylic acids is 1. The van der Waals surface area contributed by atoms with Crippen LogP contribution in [-0.2, 0) is 4.79 Å². The molecule has 0 radical (unpaired) electrons. The first-order valence-electron chi connectivity index (χ1n) is 6.04. The summed E-state index contributed by atoms with van der Waals surface area (Å²) in [6.07, 6.45) is 4.98. The number of aryl methyl sites for hydroxylation is 1. The molecule has 18 heavy (non-hydrogen) atoms. The molecule has 3 atom stereocenters. The number of fused-ring (bicyclic) bond motifs is 3. The van der Waals surface area contributed by atoms with Crippen LogP contribution in [0.5, 0.6) is 0 Å². The molecule has 0 bridgehead atoms. The van der Waals surface area contributed by atoms with Gasteiger partial charge in [0, 0.05) is 22.5 Å². The second-order valence-corrected chi connectivity index (χ2v) is 5.44. The van der Waals surface area contributed by atoms with Crippen molar-refractivity contribution in [2.45, 2.75) is 25.3 Å². The molecule has 4 heteroatoms. The lowest BCUT2D eigenvalue weighted by atomic mass is 9.78. The van der Waals surface area contributed by atoms with E-state index in [4.69, 9.17) is 11.6 Å². The summed E-state index contributed by atoms with van der Waals surface area (Å²) in [5.41, 5.74) is 3.05. The van der Waals surface area contributed by atoms with Crippen LogP contribution in [0.1, 0.15) is 23.5 Å². The average Bonchev–Trinajstić information content (AvgIpc) is 2.76. The van der Waals surface area contributed by atoms with Crippen molar-refractivity contribution in [2.75, 3.05) is 5.32 Å². The number of carboxylic acids is 1. The highest BCUT2D eigenvalue weighted by molar-refractivity contribution is 6.30. The molecule has 3 rings (SSSR count). The molecular formula is C14H14ClNO2. The molecule has 1 heterocycles. The van der Waals surface area contributed by atoms with E-state index in [1.165, 1.54) is 0 Å². The predicted molar refractivity (Wildman–Crippen MR) is 71.2 cm³/mol. The maximum atomic E-state index is 11.4. The number of hydrogen-bond acceptors (Lipinski definition) is 2. The monoisotopic (exact) mass is 263 g/mol. The fourth-order valence-electron chi connectivity index (χ4n) is 3.09. The van der Waals surface area contributed by atoms with E-state index in [1.54, 1.807) is 0 Å². The van der Waals surface area contributed by atoms with Crippen molar-refractivity contribution in [3.8, 4) is 0 Å². The van der Waals surface area contributed by atoms with Crippen molar-refractivity contribution in [1.82, 2.24) is 0 Å². The summed E-state index contributed by atoms with van der Waals surface area (Å²) in [5.74, 6) is -0.527. The number of anilines is 1. The molecule has 0 fully saturated rings. The van der Waals surface area contributed by atoms with Crippen molar-refractivity contribution >= 4 is 23.3 Å². The summed E-state index contributed by atoms with van der Waals surface area (Å²) in [5, 5.41) is 13.2. The predicted octanol–water partition coefficient (Wildman–Crippen LogP) is 3.19. The largest absolute Gasteiger partial charge is 0.480 e. The zero-order valence-corrected chi connectivity index (χ0v) is 10.7. The quantitative estimate of drug-likeness (QED) is 0.765. The SMILES string of the molecule is Cc1cc(Cl)cc2c1N[C@H](C(=O)O)[C@@H]1CC=C[C@@H]21. The van der Waals surface area contributed by atoms with E-state index < -0.39 is 12.0 Å². The van der Waals surface area contributed by atoms with Gasteiger partial charge < -0.3 is 10.4 Å². The Bertz CT molecular complexity index is 553. The first-order chi connectivity index (χ1) is 8.58.